The highest BCUT2D eigenvalue weighted by atomic mass is 19.1. The topological polar surface area (TPSA) is 63.7 Å². The monoisotopic (exact) mass is 267 g/mol. The van der Waals surface area contributed by atoms with Crippen LogP contribution in [0.5, 0.6) is 0 Å². The van der Waals surface area contributed by atoms with Gasteiger partial charge in [-0.05, 0) is 17.7 Å². The van der Waals surface area contributed by atoms with Gasteiger partial charge in [-0.2, -0.15) is 0 Å². The summed E-state index contributed by atoms with van der Waals surface area (Å²) in [6, 6.07) is 5.79. The van der Waals surface area contributed by atoms with Crippen LogP contribution in [0.2, 0.25) is 0 Å². The largest absolute Gasteiger partial charge is 0.463 e. The molecular formula is C13H14FNO4. The van der Waals surface area contributed by atoms with Gasteiger partial charge in [0.1, 0.15) is 5.82 Å². The van der Waals surface area contributed by atoms with Gasteiger partial charge in [0.2, 0.25) is 11.7 Å². The molecule has 1 amide bonds. The van der Waals surface area contributed by atoms with Crippen molar-refractivity contribution in [2.24, 2.45) is 0 Å². The highest BCUT2D eigenvalue weighted by molar-refractivity contribution is 6.36. The van der Waals surface area contributed by atoms with Crippen LogP contribution in [0.1, 0.15) is 12.0 Å². The van der Waals surface area contributed by atoms with Crippen LogP contribution in [-0.4, -0.2) is 36.7 Å². The minimum Gasteiger partial charge on any atom is -0.463 e. The number of nitrogens with zero attached hydrogens (tertiary/aromatic N) is 1. The van der Waals surface area contributed by atoms with Crippen molar-refractivity contribution in [1.29, 1.82) is 0 Å². The lowest BCUT2D eigenvalue weighted by molar-refractivity contribution is -0.153. The van der Waals surface area contributed by atoms with Crippen LogP contribution in [-0.2, 0) is 25.7 Å². The van der Waals surface area contributed by atoms with E-state index in [-0.39, 0.29) is 6.54 Å². The molecule has 0 bridgehead atoms. The third kappa shape index (κ3) is 4.50. The molecule has 0 fully saturated rings. The van der Waals surface area contributed by atoms with Crippen molar-refractivity contribution in [1.82, 2.24) is 4.90 Å². The molecule has 1 aromatic carbocycles. The van der Waals surface area contributed by atoms with Gasteiger partial charge in [0.25, 0.3) is 0 Å². The lowest BCUT2D eigenvalue weighted by Crippen LogP contribution is -2.30. The highest BCUT2D eigenvalue weighted by Crippen LogP contribution is 2.07. The Morgan fingerprint density at radius 3 is 2.58 bits per heavy atom. The highest BCUT2D eigenvalue weighted by Gasteiger charge is 2.20. The summed E-state index contributed by atoms with van der Waals surface area (Å²) >= 11 is 0. The Labute approximate surface area is 110 Å². The average molecular weight is 267 g/mol. The Morgan fingerprint density at radius 2 is 2.00 bits per heavy atom. The Bertz CT molecular complexity index is 501. The van der Waals surface area contributed by atoms with E-state index in [4.69, 9.17) is 0 Å². The number of hydrogen-bond donors (Lipinski definition) is 0. The van der Waals surface area contributed by atoms with Crippen LogP contribution in [0.25, 0.3) is 0 Å². The van der Waals surface area contributed by atoms with Crippen molar-refractivity contribution in [3.05, 3.63) is 35.6 Å². The number of ether oxygens (including phenoxy) is 1. The van der Waals surface area contributed by atoms with Gasteiger partial charge in [0.15, 0.2) is 0 Å². The van der Waals surface area contributed by atoms with Crippen LogP contribution in [0.3, 0.4) is 0 Å². The molecule has 0 aromatic heterocycles. The van der Waals surface area contributed by atoms with Crippen molar-refractivity contribution < 1.29 is 23.5 Å². The van der Waals surface area contributed by atoms with E-state index < -0.39 is 29.9 Å². The van der Waals surface area contributed by atoms with Crippen molar-refractivity contribution in [2.45, 2.75) is 13.0 Å². The zero-order chi connectivity index (χ0) is 14.4. The van der Waals surface area contributed by atoms with E-state index in [1.54, 1.807) is 6.07 Å². The van der Waals surface area contributed by atoms with Gasteiger partial charge in [-0.3, -0.25) is 9.59 Å². The molecule has 0 spiro atoms. The fraction of sp³-hybridized carbons (Fsp3) is 0.308. The van der Waals surface area contributed by atoms with Gasteiger partial charge in [-0.1, -0.05) is 12.1 Å². The molecule has 1 rings (SSSR count). The number of halogens is 1. The van der Waals surface area contributed by atoms with Gasteiger partial charge in [-0.25, -0.2) is 9.18 Å². The first-order valence-corrected chi connectivity index (χ1v) is 5.53. The first-order valence-electron chi connectivity index (χ1n) is 5.53. The number of methoxy groups -OCH3 is 1. The molecule has 0 radical (unpaired) electrons. The fourth-order valence-electron chi connectivity index (χ4n) is 1.46. The molecule has 0 aliphatic rings. The molecule has 5 nitrogen and oxygen atoms in total. The third-order valence-electron chi connectivity index (χ3n) is 2.46. The predicted molar refractivity (Wildman–Crippen MR) is 64.5 cm³/mol. The van der Waals surface area contributed by atoms with Crippen LogP contribution in [0, 0.1) is 5.82 Å². The minimum atomic E-state index is -1.05. The first kappa shape index (κ1) is 14.8. The number of Topliss-reactive ketones (excluding diaryl/α,β-unsaturated/α-hetero) is 1. The summed E-state index contributed by atoms with van der Waals surface area (Å²) in [4.78, 5) is 35.0. The summed E-state index contributed by atoms with van der Waals surface area (Å²) in [5, 5.41) is 0. The average Bonchev–Trinajstić information content (AvgIpc) is 2.37. The summed E-state index contributed by atoms with van der Waals surface area (Å²) in [6.45, 7) is 0.158. The van der Waals surface area contributed by atoms with E-state index in [1.807, 2.05) is 0 Å². The Hall–Kier alpha value is -2.24. The van der Waals surface area contributed by atoms with E-state index in [0.717, 1.165) is 7.11 Å². The molecule has 1 aromatic rings. The van der Waals surface area contributed by atoms with Crippen molar-refractivity contribution in [3.63, 3.8) is 0 Å². The first-order chi connectivity index (χ1) is 8.93. The smallest absolute Gasteiger partial charge is 0.374 e. The fourth-order valence-corrected chi connectivity index (χ4v) is 1.46. The second-order valence-corrected chi connectivity index (χ2v) is 3.97. The number of ketones is 1. The van der Waals surface area contributed by atoms with Crippen molar-refractivity contribution in [2.75, 3.05) is 14.2 Å². The third-order valence-corrected chi connectivity index (χ3v) is 2.46. The van der Waals surface area contributed by atoms with Gasteiger partial charge in [0.05, 0.1) is 13.5 Å². The predicted octanol–water partition coefficient (Wildman–Crippen LogP) is 0.916. The minimum absolute atomic E-state index is 0.158. The van der Waals surface area contributed by atoms with E-state index in [1.165, 1.54) is 30.1 Å². The summed E-state index contributed by atoms with van der Waals surface area (Å²) in [5.74, 6) is -2.88. The number of rotatable bonds is 5. The van der Waals surface area contributed by atoms with Gasteiger partial charge in [-0.15, -0.1) is 0 Å². The van der Waals surface area contributed by atoms with Crippen LogP contribution in [0.15, 0.2) is 24.3 Å². The molecule has 102 valence electrons. The Morgan fingerprint density at radius 1 is 1.32 bits per heavy atom. The number of carbonyl (C=O) groups excluding carboxylic acids is 3. The molecule has 6 heteroatoms. The zero-order valence-electron chi connectivity index (χ0n) is 10.7. The molecule has 0 heterocycles. The Kier molecular flexibility index (Phi) is 5.17. The van der Waals surface area contributed by atoms with Gasteiger partial charge >= 0.3 is 5.97 Å². The quantitative estimate of drug-likeness (QED) is 0.452. The maximum Gasteiger partial charge on any atom is 0.374 e. The van der Waals surface area contributed by atoms with Gasteiger partial charge < -0.3 is 9.64 Å². The van der Waals surface area contributed by atoms with E-state index >= 15 is 0 Å². The van der Waals surface area contributed by atoms with Crippen LogP contribution < -0.4 is 0 Å². The lowest BCUT2D eigenvalue weighted by Gasteiger charge is -2.16. The zero-order valence-corrected chi connectivity index (χ0v) is 10.7. The number of benzene rings is 1. The summed E-state index contributed by atoms with van der Waals surface area (Å²) in [5.41, 5.74) is 0.598. The molecule has 0 aliphatic carbocycles. The standard InChI is InChI=1S/C13H14FNO4/c1-15(8-9-4-3-5-10(14)6-9)12(17)7-11(16)13(18)19-2/h3-6H,7-8H2,1-2H3. The summed E-state index contributed by atoms with van der Waals surface area (Å²) < 4.78 is 17.2. The second kappa shape index (κ2) is 6.63. The molecule has 0 N–H and O–H groups in total. The number of carbonyl (C=O) groups is 3. The van der Waals surface area contributed by atoms with Crippen molar-refractivity contribution in [3.8, 4) is 0 Å². The number of esters is 1. The SMILES string of the molecule is COC(=O)C(=O)CC(=O)N(C)Cc1cccc(F)c1. The summed E-state index contributed by atoms with van der Waals surface area (Å²) in [7, 11) is 2.54. The van der Waals surface area contributed by atoms with Crippen molar-refractivity contribution >= 4 is 17.7 Å². The van der Waals surface area contributed by atoms with E-state index in [9.17, 15) is 18.8 Å². The number of hydrogen-bond acceptors (Lipinski definition) is 4. The molecule has 19 heavy (non-hydrogen) atoms. The summed E-state index contributed by atoms with van der Waals surface area (Å²) in [6.07, 6.45) is -0.557. The lowest BCUT2D eigenvalue weighted by atomic mass is 10.2. The second-order valence-electron chi connectivity index (χ2n) is 3.97. The number of amides is 1. The maximum atomic E-state index is 13.0. The normalized spacial score (nSPS) is 9.84. The van der Waals surface area contributed by atoms with Crippen LogP contribution in [0.4, 0.5) is 4.39 Å². The molecule has 0 atom stereocenters. The van der Waals surface area contributed by atoms with E-state index in [0.29, 0.717) is 5.56 Å². The molecule has 0 saturated heterocycles. The maximum absolute atomic E-state index is 13.0. The van der Waals surface area contributed by atoms with Crippen LogP contribution >= 0.6 is 0 Å². The van der Waals surface area contributed by atoms with Gasteiger partial charge in [0, 0.05) is 13.6 Å². The van der Waals surface area contributed by atoms with E-state index in [2.05, 4.69) is 4.74 Å². The Balaban J connectivity index is 2.58. The molecule has 0 aliphatic heterocycles. The molecular weight excluding hydrogens is 253 g/mol. The molecule has 0 unspecified atom stereocenters. The molecule has 0 saturated carbocycles.